The van der Waals surface area contributed by atoms with Gasteiger partial charge in [-0.3, -0.25) is 4.79 Å². The molecule has 0 atom stereocenters. The lowest BCUT2D eigenvalue weighted by Gasteiger charge is -2.04. The van der Waals surface area contributed by atoms with Gasteiger partial charge in [-0.05, 0) is 23.6 Å². The molecule has 17 heavy (non-hydrogen) atoms. The van der Waals surface area contributed by atoms with Gasteiger partial charge in [0, 0.05) is 0 Å². The Morgan fingerprint density at radius 1 is 1.06 bits per heavy atom. The van der Waals surface area contributed by atoms with E-state index in [0.717, 1.165) is 11.1 Å². The van der Waals surface area contributed by atoms with Crippen molar-refractivity contribution in [2.24, 2.45) is 5.73 Å². The molecular weight excluding hydrogens is 210 g/mol. The maximum absolute atomic E-state index is 10.8. The SMILES string of the molecule is Cc1cccc(-c2ccc(CC(N)=O)cc2)c1. The van der Waals surface area contributed by atoms with E-state index in [1.54, 1.807) is 0 Å². The van der Waals surface area contributed by atoms with Crippen LogP contribution in [0.5, 0.6) is 0 Å². The highest BCUT2D eigenvalue weighted by molar-refractivity contribution is 5.77. The van der Waals surface area contributed by atoms with Gasteiger partial charge < -0.3 is 5.73 Å². The third-order valence-electron chi connectivity index (χ3n) is 2.68. The number of carbonyl (C=O) groups is 1. The predicted octanol–water partition coefficient (Wildman–Crippen LogP) is 2.69. The Balaban J connectivity index is 2.26. The lowest BCUT2D eigenvalue weighted by Crippen LogP contribution is -2.13. The summed E-state index contributed by atoms with van der Waals surface area (Å²) < 4.78 is 0. The maximum Gasteiger partial charge on any atom is 0.221 e. The molecular formula is C15H15NO. The van der Waals surface area contributed by atoms with Gasteiger partial charge in [0.15, 0.2) is 0 Å². The van der Waals surface area contributed by atoms with E-state index in [2.05, 4.69) is 25.1 Å². The second kappa shape index (κ2) is 4.83. The fraction of sp³-hybridized carbons (Fsp3) is 0.133. The van der Waals surface area contributed by atoms with Gasteiger partial charge in [0.1, 0.15) is 0 Å². The first-order chi connectivity index (χ1) is 8.15. The van der Waals surface area contributed by atoms with E-state index in [-0.39, 0.29) is 5.91 Å². The lowest BCUT2D eigenvalue weighted by atomic mass is 10.0. The molecule has 0 fully saturated rings. The van der Waals surface area contributed by atoms with Crippen molar-refractivity contribution in [1.82, 2.24) is 0 Å². The zero-order valence-corrected chi connectivity index (χ0v) is 9.81. The van der Waals surface area contributed by atoms with Crippen LogP contribution < -0.4 is 5.73 Å². The molecule has 0 radical (unpaired) electrons. The summed E-state index contributed by atoms with van der Waals surface area (Å²) in [7, 11) is 0. The molecule has 0 spiro atoms. The number of rotatable bonds is 3. The number of aryl methyl sites for hydroxylation is 1. The number of primary amides is 1. The fourth-order valence-corrected chi connectivity index (χ4v) is 1.84. The number of benzene rings is 2. The maximum atomic E-state index is 10.8. The van der Waals surface area contributed by atoms with Crippen LogP contribution in [0.2, 0.25) is 0 Å². The Morgan fingerprint density at radius 2 is 1.76 bits per heavy atom. The largest absolute Gasteiger partial charge is 0.369 e. The first kappa shape index (κ1) is 11.4. The van der Waals surface area contributed by atoms with Crippen molar-refractivity contribution in [2.75, 3.05) is 0 Å². The molecule has 2 heteroatoms. The van der Waals surface area contributed by atoms with E-state index in [0.29, 0.717) is 6.42 Å². The van der Waals surface area contributed by atoms with Crippen LogP contribution in [0.4, 0.5) is 0 Å². The minimum atomic E-state index is -0.298. The molecule has 2 nitrogen and oxygen atoms in total. The molecule has 0 aromatic heterocycles. The van der Waals surface area contributed by atoms with Crippen LogP contribution in [0.25, 0.3) is 11.1 Å². The van der Waals surface area contributed by atoms with Gasteiger partial charge in [0.25, 0.3) is 0 Å². The van der Waals surface area contributed by atoms with E-state index in [1.165, 1.54) is 11.1 Å². The van der Waals surface area contributed by atoms with Crippen molar-refractivity contribution in [3.8, 4) is 11.1 Å². The van der Waals surface area contributed by atoms with Gasteiger partial charge in [-0.1, -0.05) is 54.1 Å². The topological polar surface area (TPSA) is 43.1 Å². The average Bonchev–Trinajstić information content (AvgIpc) is 2.29. The van der Waals surface area contributed by atoms with Gasteiger partial charge >= 0.3 is 0 Å². The van der Waals surface area contributed by atoms with E-state index >= 15 is 0 Å². The highest BCUT2D eigenvalue weighted by Crippen LogP contribution is 2.20. The summed E-state index contributed by atoms with van der Waals surface area (Å²) in [5, 5.41) is 0. The van der Waals surface area contributed by atoms with Crippen LogP contribution in [0.15, 0.2) is 48.5 Å². The number of nitrogens with two attached hydrogens (primary N) is 1. The molecule has 0 saturated carbocycles. The fourth-order valence-electron chi connectivity index (χ4n) is 1.84. The minimum absolute atomic E-state index is 0.298. The Kier molecular flexibility index (Phi) is 3.24. The molecule has 2 rings (SSSR count). The van der Waals surface area contributed by atoms with E-state index in [9.17, 15) is 4.79 Å². The Hall–Kier alpha value is -2.09. The van der Waals surface area contributed by atoms with E-state index < -0.39 is 0 Å². The van der Waals surface area contributed by atoms with Crippen molar-refractivity contribution in [2.45, 2.75) is 13.3 Å². The van der Waals surface area contributed by atoms with Crippen molar-refractivity contribution in [3.05, 3.63) is 59.7 Å². The van der Waals surface area contributed by atoms with E-state index in [4.69, 9.17) is 5.73 Å². The Labute approximate surface area is 101 Å². The summed E-state index contributed by atoms with van der Waals surface area (Å²) in [4.78, 5) is 10.8. The summed E-state index contributed by atoms with van der Waals surface area (Å²) in [5.74, 6) is -0.298. The summed E-state index contributed by atoms with van der Waals surface area (Å²) >= 11 is 0. The first-order valence-electron chi connectivity index (χ1n) is 5.59. The number of hydrogen-bond acceptors (Lipinski definition) is 1. The van der Waals surface area contributed by atoms with Crippen LogP contribution in [0, 0.1) is 6.92 Å². The predicted molar refractivity (Wildman–Crippen MR) is 69.5 cm³/mol. The number of carbonyl (C=O) groups excluding carboxylic acids is 1. The average molecular weight is 225 g/mol. The van der Waals surface area contributed by atoms with Crippen molar-refractivity contribution >= 4 is 5.91 Å². The highest BCUT2D eigenvalue weighted by Gasteiger charge is 2.00. The molecule has 0 aliphatic rings. The Morgan fingerprint density at radius 3 is 2.35 bits per heavy atom. The Bertz CT molecular complexity index is 529. The van der Waals surface area contributed by atoms with Crippen molar-refractivity contribution in [1.29, 1.82) is 0 Å². The normalized spacial score (nSPS) is 10.2. The van der Waals surface area contributed by atoms with Crippen LogP contribution in [0.3, 0.4) is 0 Å². The third kappa shape index (κ3) is 2.94. The minimum Gasteiger partial charge on any atom is -0.369 e. The monoisotopic (exact) mass is 225 g/mol. The van der Waals surface area contributed by atoms with Gasteiger partial charge in [0.2, 0.25) is 5.91 Å². The van der Waals surface area contributed by atoms with Gasteiger partial charge in [-0.25, -0.2) is 0 Å². The molecule has 2 aromatic rings. The summed E-state index contributed by atoms with van der Waals surface area (Å²) in [5.41, 5.74) is 9.69. The number of amides is 1. The molecule has 0 unspecified atom stereocenters. The summed E-state index contributed by atoms with van der Waals surface area (Å²) in [6, 6.07) is 16.3. The molecule has 1 amide bonds. The zero-order chi connectivity index (χ0) is 12.3. The van der Waals surface area contributed by atoms with Crippen LogP contribution in [-0.4, -0.2) is 5.91 Å². The van der Waals surface area contributed by atoms with Crippen LogP contribution in [-0.2, 0) is 11.2 Å². The van der Waals surface area contributed by atoms with Crippen LogP contribution in [0.1, 0.15) is 11.1 Å². The van der Waals surface area contributed by atoms with Gasteiger partial charge in [-0.15, -0.1) is 0 Å². The summed E-state index contributed by atoms with van der Waals surface area (Å²) in [6.07, 6.45) is 0.300. The van der Waals surface area contributed by atoms with Gasteiger partial charge in [-0.2, -0.15) is 0 Å². The zero-order valence-electron chi connectivity index (χ0n) is 9.81. The summed E-state index contributed by atoms with van der Waals surface area (Å²) in [6.45, 7) is 2.07. The molecule has 2 N–H and O–H groups in total. The van der Waals surface area contributed by atoms with Gasteiger partial charge in [0.05, 0.1) is 6.42 Å². The van der Waals surface area contributed by atoms with E-state index in [1.807, 2.05) is 30.3 Å². The third-order valence-corrected chi connectivity index (χ3v) is 2.68. The first-order valence-corrected chi connectivity index (χ1v) is 5.59. The van der Waals surface area contributed by atoms with Crippen molar-refractivity contribution in [3.63, 3.8) is 0 Å². The smallest absolute Gasteiger partial charge is 0.221 e. The molecule has 0 heterocycles. The number of hydrogen-bond donors (Lipinski definition) is 1. The second-order valence-electron chi connectivity index (χ2n) is 4.21. The molecule has 0 bridgehead atoms. The molecule has 0 saturated heterocycles. The van der Waals surface area contributed by atoms with Crippen molar-refractivity contribution < 1.29 is 4.79 Å². The highest BCUT2D eigenvalue weighted by atomic mass is 16.1. The lowest BCUT2D eigenvalue weighted by molar-refractivity contribution is -0.117. The van der Waals surface area contributed by atoms with Crippen LogP contribution >= 0.6 is 0 Å². The molecule has 0 aliphatic heterocycles. The standard InChI is InChI=1S/C15H15NO/c1-11-3-2-4-14(9-11)13-7-5-12(6-8-13)10-15(16)17/h2-9H,10H2,1H3,(H2,16,17). The molecule has 2 aromatic carbocycles. The molecule has 86 valence electrons. The molecule has 0 aliphatic carbocycles. The quantitative estimate of drug-likeness (QED) is 0.857. The second-order valence-corrected chi connectivity index (χ2v) is 4.21.